The predicted molar refractivity (Wildman–Crippen MR) is 72.4 cm³/mol. The van der Waals surface area contributed by atoms with Crippen LogP contribution >= 0.6 is 27.3 Å². The van der Waals surface area contributed by atoms with Crippen molar-refractivity contribution in [3.05, 3.63) is 21.5 Å². The number of aliphatic hydroxyl groups excluding tert-OH is 1. The van der Waals surface area contributed by atoms with Crippen molar-refractivity contribution in [1.29, 1.82) is 0 Å². The van der Waals surface area contributed by atoms with Crippen molar-refractivity contribution in [2.45, 2.75) is 24.8 Å². The zero-order valence-corrected chi connectivity index (χ0v) is 13.0. The molecule has 0 fully saturated rings. The first-order valence-corrected chi connectivity index (χ1v) is 8.29. The molecule has 19 heavy (non-hydrogen) atoms. The third-order valence-electron chi connectivity index (χ3n) is 2.14. The highest BCUT2D eigenvalue weighted by Crippen LogP contribution is 2.28. The number of hydrogen-bond donors (Lipinski definition) is 2. The summed E-state index contributed by atoms with van der Waals surface area (Å²) < 4.78 is 31.6. The molecule has 0 amide bonds. The van der Waals surface area contributed by atoms with Crippen LogP contribution in [0.25, 0.3) is 0 Å². The van der Waals surface area contributed by atoms with Crippen LogP contribution in [0.15, 0.2) is 20.0 Å². The van der Waals surface area contributed by atoms with Crippen molar-refractivity contribution in [3.63, 3.8) is 0 Å². The molecule has 0 radical (unpaired) electrons. The minimum absolute atomic E-state index is 0.0317. The monoisotopic (exact) mass is 367 g/mol. The third-order valence-corrected chi connectivity index (χ3v) is 5.45. The molecular formula is C9H10BrN3O4S2. The molecule has 2 rings (SSSR count). The van der Waals surface area contributed by atoms with Crippen LogP contribution in [0, 0.1) is 0 Å². The second-order valence-electron chi connectivity index (χ2n) is 3.47. The second kappa shape index (κ2) is 5.57. The fraction of sp³-hybridized carbons (Fsp3) is 0.333. The molecule has 0 aliphatic rings. The van der Waals surface area contributed by atoms with Gasteiger partial charge in [0.05, 0.1) is 0 Å². The highest BCUT2D eigenvalue weighted by molar-refractivity contribution is 9.10. The number of nitrogens with zero attached hydrogens (tertiary/aromatic N) is 2. The van der Waals surface area contributed by atoms with Gasteiger partial charge >= 0.3 is 0 Å². The van der Waals surface area contributed by atoms with Gasteiger partial charge in [-0.05, 0) is 22.4 Å². The van der Waals surface area contributed by atoms with Gasteiger partial charge in [-0.1, -0.05) is 18.3 Å². The number of halogens is 1. The van der Waals surface area contributed by atoms with Crippen LogP contribution in [0.5, 0.6) is 0 Å². The minimum Gasteiger partial charge on any atom is -0.450 e. The summed E-state index contributed by atoms with van der Waals surface area (Å²) in [4.78, 5) is -0.0928. The van der Waals surface area contributed by atoms with E-state index < -0.39 is 10.0 Å². The molecule has 0 saturated carbocycles. The Hall–Kier alpha value is -0.970. The molecule has 10 heteroatoms. The van der Waals surface area contributed by atoms with E-state index >= 15 is 0 Å². The summed E-state index contributed by atoms with van der Waals surface area (Å²) in [6.07, 6.45) is 0.684. The van der Waals surface area contributed by atoms with Crippen LogP contribution < -0.4 is 4.72 Å². The molecule has 0 aromatic carbocycles. The van der Waals surface area contributed by atoms with Crippen LogP contribution in [-0.4, -0.2) is 23.7 Å². The van der Waals surface area contributed by atoms with E-state index in [0.717, 1.165) is 5.01 Å². The van der Waals surface area contributed by atoms with E-state index in [9.17, 15) is 8.42 Å². The standard InChI is InChI=1S/C9H10BrN3O4S2/c1-2-7-11-12-9(18-7)13-19(15,16)6-3-5(4-14)17-8(6)10/h3,14H,2,4H2,1H3,(H,12,13). The Labute approximate surface area is 121 Å². The van der Waals surface area contributed by atoms with E-state index in [2.05, 4.69) is 30.8 Å². The van der Waals surface area contributed by atoms with Crippen LogP contribution in [0.3, 0.4) is 0 Å². The molecule has 104 valence electrons. The predicted octanol–water partition coefficient (Wildman–Crippen LogP) is 1.75. The minimum atomic E-state index is -3.82. The summed E-state index contributed by atoms with van der Waals surface area (Å²) in [5.41, 5.74) is 0. The Kier molecular flexibility index (Phi) is 4.23. The molecule has 2 aromatic rings. The lowest BCUT2D eigenvalue weighted by Gasteiger charge is -2.01. The highest BCUT2D eigenvalue weighted by Gasteiger charge is 2.23. The van der Waals surface area contributed by atoms with Crippen LogP contribution in [0.1, 0.15) is 17.7 Å². The van der Waals surface area contributed by atoms with Crippen LogP contribution in [0.4, 0.5) is 5.13 Å². The number of rotatable bonds is 5. The molecule has 2 heterocycles. The maximum atomic E-state index is 12.1. The first-order chi connectivity index (χ1) is 8.96. The molecular weight excluding hydrogens is 358 g/mol. The van der Waals surface area contributed by atoms with E-state index in [1.165, 1.54) is 17.4 Å². The SMILES string of the molecule is CCc1nnc(NS(=O)(=O)c2cc(CO)oc2Br)s1. The van der Waals surface area contributed by atoms with Gasteiger partial charge in [-0.3, -0.25) is 4.72 Å². The summed E-state index contributed by atoms with van der Waals surface area (Å²) >= 11 is 4.16. The first-order valence-electron chi connectivity index (χ1n) is 5.20. The lowest BCUT2D eigenvalue weighted by Crippen LogP contribution is -2.12. The van der Waals surface area contributed by atoms with Crippen molar-refractivity contribution in [1.82, 2.24) is 10.2 Å². The third kappa shape index (κ3) is 3.14. The number of aromatic nitrogens is 2. The summed E-state index contributed by atoms with van der Waals surface area (Å²) in [5.74, 6) is 0.152. The lowest BCUT2D eigenvalue weighted by atomic mass is 10.5. The number of anilines is 1. The number of hydrogen-bond acceptors (Lipinski definition) is 7. The number of aliphatic hydroxyl groups is 1. The lowest BCUT2D eigenvalue weighted by molar-refractivity contribution is 0.245. The fourth-order valence-corrected chi connectivity index (χ4v) is 4.18. The van der Waals surface area contributed by atoms with Crippen molar-refractivity contribution >= 4 is 42.4 Å². The first kappa shape index (κ1) is 14.4. The summed E-state index contributed by atoms with van der Waals surface area (Å²) in [7, 11) is -3.82. The Morgan fingerprint density at radius 1 is 1.53 bits per heavy atom. The largest absolute Gasteiger partial charge is 0.450 e. The van der Waals surface area contributed by atoms with Crippen LogP contribution in [-0.2, 0) is 23.1 Å². The van der Waals surface area contributed by atoms with Gasteiger partial charge in [-0.2, -0.15) is 0 Å². The number of nitrogens with one attached hydrogen (secondary N) is 1. The van der Waals surface area contributed by atoms with E-state index in [4.69, 9.17) is 9.52 Å². The number of furan rings is 1. The Morgan fingerprint density at radius 2 is 2.26 bits per heavy atom. The van der Waals surface area contributed by atoms with E-state index in [1.807, 2.05) is 6.92 Å². The Morgan fingerprint density at radius 3 is 2.79 bits per heavy atom. The van der Waals surface area contributed by atoms with Gasteiger partial charge in [0.25, 0.3) is 10.0 Å². The fourth-order valence-electron chi connectivity index (χ4n) is 1.27. The van der Waals surface area contributed by atoms with Crippen molar-refractivity contribution in [2.24, 2.45) is 0 Å². The quantitative estimate of drug-likeness (QED) is 0.833. The van der Waals surface area contributed by atoms with Gasteiger partial charge in [-0.15, -0.1) is 10.2 Å². The summed E-state index contributed by atoms with van der Waals surface area (Å²) in [6, 6.07) is 1.24. The van der Waals surface area contributed by atoms with Crippen LogP contribution in [0.2, 0.25) is 0 Å². The maximum absolute atomic E-state index is 12.1. The van der Waals surface area contributed by atoms with Gasteiger partial charge in [0.2, 0.25) is 5.13 Å². The maximum Gasteiger partial charge on any atom is 0.268 e. The van der Waals surface area contributed by atoms with Crippen molar-refractivity contribution < 1.29 is 17.9 Å². The average Bonchev–Trinajstić information content (AvgIpc) is 2.95. The molecule has 0 atom stereocenters. The van der Waals surface area contributed by atoms with Gasteiger partial charge in [0, 0.05) is 6.07 Å². The second-order valence-corrected chi connectivity index (χ2v) is 6.90. The molecule has 0 aliphatic heterocycles. The highest BCUT2D eigenvalue weighted by atomic mass is 79.9. The Balaban J connectivity index is 2.29. The molecule has 0 unspecified atom stereocenters. The molecule has 7 nitrogen and oxygen atoms in total. The smallest absolute Gasteiger partial charge is 0.268 e. The molecule has 0 saturated heterocycles. The topological polar surface area (TPSA) is 105 Å². The average molecular weight is 368 g/mol. The van der Waals surface area contributed by atoms with Gasteiger partial charge < -0.3 is 9.52 Å². The molecule has 2 N–H and O–H groups in total. The van der Waals surface area contributed by atoms with Gasteiger partial charge in [0.1, 0.15) is 22.3 Å². The molecule has 0 spiro atoms. The number of sulfonamides is 1. The van der Waals surface area contributed by atoms with E-state index in [0.29, 0.717) is 6.42 Å². The molecule has 2 aromatic heterocycles. The summed E-state index contributed by atoms with van der Waals surface area (Å²) in [5, 5.41) is 17.4. The van der Waals surface area contributed by atoms with E-state index in [-0.39, 0.29) is 27.1 Å². The zero-order chi connectivity index (χ0) is 14.0. The zero-order valence-electron chi connectivity index (χ0n) is 9.75. The normalized spacial score (nSPS) is 11.7. The number of aryl methyl sites for hydroxylation is 1. The van der Waals surface area contributed by atoms with Gasteiger partial charge in [0.15, 0.2) is 4.67 Å². The van der Waals surface area contributed by atoms with Crippen molar-refractivity contribution in [3.8, 4) is 0 Å². The van der Waals surface area contributed by atoms with E-state index in [1.54, 1.807) is 0 Å². The summed E-state index contributed by atoms with van der Waals surface area (Å²) in [6.45, 7) is 1.52. The van der Waals surface area contributed by atoms with Gasteiger partial charge in [-0.25, -0.2) is 8.42 Å². The van der Waals surface area contributed by atoms with Crippen molar-refractivity contribution in [2.75, 3.05) is 4.72 Å². The molecule has 0 aliphatic carbocycles. The molecule has 0 bridgehead atoms. The Bertz CT molecular complexity index is 679.